The molecule has 0 spiro atoms. The third-order valence-corrected chi connectivity index (χ3v) is 5.23. The second-order valence-corrected chi connectivity index (χ2v) is 7.53. The van der Waals surface area contributed by atoms with E-state index in [0.29, 0.717) is 22.8 Å². The summed E-state index contributed by atoms with van der Waals surface area (Å²) in [5.74, 6) is -0.198. The quantitative estimate of drug-likeness (QED) is 0.405. The summed E-state index contributed by atoms with van der Waals surface area (Å²) in [6, 6.07) is 23.1. The second kappa shape index (κ2) is 9.41. The molecule has 166 valence electrons. The molecular formula is C26H19FN6O. The van der Waals surface area contributed by atoms with Gasteiger partial charge in [0.15, 0.2) is 0 Å². The first-order chi connectivity index (χ1) is 16.7. The summed E-state index contributed by atoms with van der Waals surface area (Å²) in [6.07, 6.45) is 4.97. The van der Waals surface area contributed by atoms with Crippen LogP contribution in [-0.4, -0.2) is 30.9 Å². The van der Waals surface area contributed by atoms with Crippen LogP contribution in [0, 0.1) is 5.82 Å². The number of anilines is 1. The summed E-state index contributed by atoms with van der Waals surface area (Å²) in [4.78, 5) is 21.2. The molecule has 5 rings (SSSR count). The Balaban J connectivity index is 1.39. The zero-order valence-corrected chi connectivity index (χ0v) is 18.0. The average Bonchev–Trinajstić information content (AvgIpc) is 3.29. The number of halogens is 1. The smallest absolute Gasteiger partial charge is 0.231 e. The van der Waals surface area contributed by atoms with Crippen molar-refractivity contribution < 1.29 is 9.18 Å². The van der Waals surface area contributed by atoms with E-state index in [0.717, 1.165) is 16.8 Å². The molecule has 0 saturated heterocycles. The number of rotatable bonds is 6. The van der Waals surface area contributed by atoms with Gasteiger partial charge in [0, 0.05) is 29.7 Å². The van der Waals surface area contributed by atoms with Gasteiger partial charge in [0.25, 0.3) is 0 Å². The molecule has 0 saturated carbocycles. The van der Waals surface area contributed by atoms with Crippen molar-refractivity contribution in [1.29, 1.82) is 0 Å². The highest BCUT2D eigenvalue weighted by Crippen LogP contribution is 2.26. The van der Waals surface area contributed by atoms with E-state index >= 15 is 0 Å². The van der Waals surface area contributed by atoms with Crippen LogP contribution in [0.4, 0.5) is 10.2 Å². The van der Waals surface area contributed by atoms with Crippen LogP contribution in [-0.2, 0) is 11.2 Å². The highest BCUT2D eigenvalue weighted by Gasteiger charge is 2.19. The zero-order valence-electron chi connectivity index (χ0n) is 18.0. The maximum absolute atomic E-state index is 13.5. The molecule has 0 unspecified atom stereocenters. The molecular weight excluding hydrogens is 431 g/mol. The lowest BCUT2D eigenvalue weighted by molar-refractivity contribution is -0.115. The van der Waals surface area contributed by atoms with Gasteiger partial charge >= 0.3 is 0 Å². The lowest BCUT2D eigenvalue weighted by atomic mass is 10.1. The van der Waals surface area contributed by atoms with Gasteiger partial charge < -0.3 is 5.32 Å². The van der Waals surface area contributed by atoms with Gasteiger partial charge in [-0.15, -0.1) is 5.10 Å². The molecule has 0 atom stereocenters. The van der Waals surface area contributed by atoms with E-state index in [-0.39, 0.29) is 18.1 Å². The van der Waals surface area contributed by atoms with Crippen molar-refractivity contribution in [2.45, 2.75) is 6.42 Å². The average molecular weight is 450 g/mol. The van der Waals surface area contributed by atoms with Crippen LogP contribution in [0.3, 0.4) is 0 Å². The topological polar surface area (TPSA) is 85.6 Å². The highest BCUT2D eigenvalue weighted by molar-refractivity contribution is 5.92. The molecule has 34 heavy (non-hydrogen) atoms. The number of benzene rings is 2. The summed E-state index contributed by atoms with van der Waals surface area (Å²) in [7, 11) is 0. The van der Waals surface area contributed by atoms with Crippen LogP contribution < -0.4 is 5.32 Å². The summed E-state index contributed by atoms with van der Waals surface area (Å²) in [5, 5.41) is 11.3. The van der Waals surface area contributed by atoms with Crippen molar-refractivity contribution in [1.82, 2.24) is 25.0 Å². The molecule has 3 heterocycles. The summed E-state index contributed by atoms with van der Waals surface area (Å²) < 4.78 is 15.1. The minimum absolute atomic E-state index is 0.0279. The molecule has 0 aliphatic rings. The fourth-order valence-electron chi connectivity index (χ4n) is 3.60. The first-order valence-corrected chi connectivity index (χ1v) is 10.6. The van der Waals surface area contributed by atoms with Crippen LogP contribution in [0.5, 0.6) is 0 Å². The van der Waals surface area contributed by atoms with Crippen molar-refractivity contribution in [3.05, 3.63) is 109 Å². The number of hydrogen-bond donors (Lipinski definition) is 1. The SMILES string of the molecule is O=C(Cc1nnn(-c2ccncc2)c1-c1ccc(F)cc1)Nc1ccc(-c2ccccc2)cn1. The lowest BCUT2D eigenvalue weighted by Gasteiger charge is -2.09. The van der Waals surface area contributed by atoms with E-state index in [2.05, 4.69) is 25.6 Å². The molecule has 0 aliphatic carbocycles. The number of nitrogens with one attached hydrogen (secondary N) is 1. The van der Waals surface area contributed by atoms with Crippen LogP contribution in [0.2, 0.25) is 0 Å². The number of pyridine rings is 2. The highest BCUT2D eigenvalue weighted by atomic mass is 19.1. The maximum atomic E-state index is 13.5. The minimum Gasteiger partial charge on any atom is -0.310 e. The van der Waals surface area contributed by atoms with E-state index in [9.17, 15) is 9.18 Å². The molecule has 8 heteroatoms. The van der Waals surface area contributed by atoms with Gasteiger partial charge in [-0.25, -0.2) is 14.1 Å². The Labute approximate surface area is 195 Å². The van der Waals surface area contributed by atoms with Gasteiger partial charge in [0.1, 0.15) is 17.3 Å². The van der Waals surface area contributed by atoms with Gasteiger partial charge in [-0.05, 0) is 54.1 Å². The van der Waals surface area contributed by atoms with Gasteiger partial charge in [0.2, 0.25) is 5.91 Å². The number of carbonyl (C=O) groups is 1. The first kappa shape index (κ1) is 21.1. The largest absolute Gasteiger partial charge is 0.310 e. The van der Waals surface area contributed by atoms with Gasteiger partial charge in [0.05, 0.1) is 17.8 Å². The first-order valence-electron chi connectivity index (χ1n) is 10.6. The molecule has 2 aromatic carbocycles. The Morgan fingerprint density at radius 1 is 0.853 bits per heavy atom. The monoisotopic (exact) mass is 450 g/mol. The lowest BCUT2D eigenvalue weighted by Crippen LogP contribution is -2.16. The van der Waals surface area contributed by atoms with Crippen molar-refractivity contribution in [3.63, 3.8) is 0 Å². The van der Waals surface area contributed by atoms with E-state index in [1.54, 1.807) is 53.6 Å². The van der Waals surface area contributed by atoms with Crippen LogP contribution in [0.15, 0.2) is 97.5 Å². The summed E-state index contributed by atoms with van der Waals surface area (Å²) in [5.41, 5.74) is 4.49. The zero-order chi connectivity index (χ0) is 23.3. The van der Waals surface area contributed by atoms with Crippen molar-refractivity contribution in [2.24, 2.45) is 0 Å². The fraction of sp³-hybridized carbons (Fsp3) is 0.0385. The minimum atomic E-state index is -0.351. The second-order valence-electron chi connectivity index (χ2n) is 7.53. The third kappa shape index (κ3) is 4.56. The Kier molecular flexibility index (Phi) is 5.85. The van der Waals surface area contributed by atoms with Gasteiger partial charge in [-0.1, -0.05) is 35.5 Å². The van der Waals surface area contributed by atoms with E-state index < -0.39 is 0 Å². The number of amides is 1. The van der Waals surface area contributed by atoms with Crippen LogP contribution >= 0.6 is 0 Å². The van der Waals surface area contributed by atoms with Gasteiger partial charge in [-0.3, -0.25) is 9.78 Å². The molecule has 7 nitrogen and oxygen atoms in total. The molecule has 0 bridgehead atoms. The Hall–Kier alpha value is -4.72. The third-order valence-electron chi connectivity index (χ3n) is 5.23. The molecule has 1 N–H and O–H groups in total. The van der Waals surface area contributed by atoms with Crippen molar-refractivity contribution in [2.75, 3.05) is 5.32 Å². The number of nitrogens with zero attached hydrogens (tertiary/aromatic N) is 5. The number of carbonyl (C=O) groups excluding carboxylic acids is 1. The predicted octanol–water partition coefficient (Wildman–Crippen LogP) is 4.71. The summed E-state index contributed by atoms with van der Waals surface area (Å²) in [6.45, 7) is 0. The Bertz CT molecular complexity index is 1400. The molecule has 1 amide bonds. The van der Waals surface area contributed by atoms with E-state index in [1.165, 1.54) is 12.1 Å². The predicted molar refractivity (Wildman–Crippen MR) is 127 cm³/mol. The Morgan fingerprint density at radius 3 is 2.29 bits per heavy atom. The van der Waals surface area contributed by atoms with E-state index in [4.69, 9.17) is 0 Å². The van der Waals surface area contributed by atoms with E-state index in [1.807, 2.05) is 36.4 Å². The van der Waals surface area contributed by atoms with Crippen LogP contribution in [0.25, 0.3) is 28.1 Å². The Morgan fingerprint density at radius 2 is 1.59 bits per heavy atom. The molecule has 0 radical (unpaired) electrons. The molecule has 0 aliphatic heterocycles. The van der Waals surface area contributed by atoms with Gasteiger partial charge in [-0.2, -0.15) is 0 Å². The molecule has 3 aromatic heterocycles. The fourth-order valence-corrected chi connectivity index (χ4v) is 3.60. The maximum Gasteiger partial charge on any atom is 0.231 e. The van der Waals surface area contributed by atoms with Crippen LogP contribution in [0.1, 0.15) is 5.69 Å². The molecule has 5 aromatic rings. The normalized spacial score (nSPS) is 10.7. The number of hydrogen-bond acceptors (Lipinski definition) is 5. The summed E-state index contributed by atoms with van der Waals surface area (Å²) >= 11 is 0. The van der Waals surface area contributed by atoms with Crippen molar-refractivity contribution >= 4 is 11.7 Å². The standard InChI is InChI=1S/C26H19FN6O/c27-21-9-6-19(7-10-21)26-23(31-32-33(26)22-12-14-28-15-13-22)16-25(34)30-24-11-8-20(17-29-24)18-4-2-1-3-5-18/h1-15,17H,16H2,(H,29,30,34). The van der Waals surface area contributed by atoms with Crippen molar-refractivity contribution in [3.8, 4) is 28.1 Å². The molecule has 0 fully saturated rings. The number of aromatic nitrogens is 5.